The fraction of sp³-hybridized carbons (Fsp3) is 0.391. The van der Waals surface area contributed by atoms with E-state index >= 15 is 0 Å². The topological polar surface area (TPSA) is 58.6 Å². The summed E-state index contributed by atoms with van der Waals surface area (Å²) in [6, 6.07) is 16.2. The quantitative estimate of drug-likeness (QED) is 0.772. The Morgan fingerprint density at radius 2 is 1.83 bits per heavy atom. The monoisotopic (exact) mass is 414 g/mol. The van der Waals surface area contributed by atoms with Gasteiger partial charge in [0, 0.05) is 18.0 Å². The molecule has 29 heavy (non-hydrogen) atoms. The Morgan fingerprint density at radius 3 is 2.48 bits per heavy atom. The number of rotatable bonds is 6. The lowest BCUT2D eigenvalue weighted by Gasteiger charge is -2.35. The molecule has 1 aliphatic rings. The minimum absolute atomic E-state index is 0.115. The number of hydrogen-bond donors (Lipinski definition) is 1. The third-order valence-electron chi connectivity index (χ3n) is 4.90. The van der Waals surface area contributed by atoms with Crippen molar-refractivity contribution in [1.82, 2.24) is 10.2 Å². The second kappa shape index (κ2) is 9.90. The zero-order valence-corrected chi connectivity index (χ0v) is 17.6. The average Bonchev–Trinajstić information content (AvgIpc) is 2.72. The Balaban J connectivity index is 1.77. The molecule has 0 bridgehead atoms. The van der Waals surface area contributed by atoms with Crippen LogP contribution >= 0.6 is 11.6 Å². The Hall–Kier alpha value is -2.37. The number of halogens is 1. The lowest BCUT2D eigenvalue weighted by Crippen LogP contribution is -2.48. The number of benzene rings is 2. The number of nitrogens with zero attached hydrogens (tertiary/aromatic N) is 1. The summed E-state index contributed by atoms with van der Waals surface area (Å²) in [7, 11) is 0. The highest BCUT2D eigenvalue weighted by atomic mass is 35.5. The molecule has 1 saturated heterocycles. The first kappa shape index (κ1) is 21.3. The number of carbonyl (C=O) groups excluding carboxylic acids is 2. The van der Waals surface area contributed by atoms with Crippen LogP contribution in [-0.4, -0.2) is 36.4 Å². The van der Waals surface area contributed by atoms with Crippen LogP contribution < -0.4 is 5.32 Å². The van der Waals surface area contributed by atoms with E-state index in [2.05, 4.69) is 5.32 Å². The Kier molecular flexibility index (Phi) is 7.29. The van der Waals surface area contributed by atoms with E-state index in [1.54, 1.807) is 4.90 Å². The number of amides is 2. The van der Waals surface area contributed by atoms with E-state index in [-0.39, 0.29) is 23.8 Å². The maximum absolute atomic E-state index is 13.4. The molecule has 6 heteroatoms. The van der Waals surface area contributed by atoms with Gasteiger partial charge in [0.25, 0.3) is 0 Å². The van der Waals surface area contributed by atoms with Crippen LogP contribution in [-0.2, 0) is 14.3 Å². The molecule has 0 aromatic heterocycles. The molecule has 0 spiro atoms. The molecule has 2 aromatic carbocycles. The van der Waals surface area contributed by atoms with Gasteiger partial charge in [0.15, 0.2) is 0 Å². The minimum Gasteiger partial charge on any atom is -0.370 e. The fourth-order valence-corrected chi connectivity index (χ4v) is 3.56. The van der Waals surface area contributed by atoms with Gasteiger partial charge in [0.1, 0.15) is 12.1 Å². The average molecular weight is 415 g/mol. The van der Waals surface area contributed by atoms with Gasteiger partial charge in [-0.1, -0.05) is 67.9 Å². The summed E-state index contributed by atoms with van der Waals surface area (Å²) in [6.45, 7) is 5.34. The van der Waals surface area contributed by atoms with Crippen molar-refractivity contribution in [1.29, 1.82) is 0 Å². The first-order valence-corrected chi connectivity index (χ1v) is 10.3. The summed E-state index contributed by atoms with van der Waals surface area (Å²) in [4.78, 5) is 27.6. The number of carbonyl (C=O) groups is 2. The molecule has 2 atom stereocenters. The zero-order chi connectivity index (χ0) is 20.8. The van der Waals surface area contributed by atoms with E-state index in [1.165, 1.54) is 0 Å². The molecule has 2 amide bonds. The van der Waals surface area contributed by atoms with Crippen LogP contribution in [0.2, 0.25) is 5.02 Å². The summed E-state index contributed by atoms with van der Waals surface area (Å²) in [5.74, 6) is -0.0144. The van der Waals surface area contributed by atoms with Crippen molar-refractivity contribution in [2.75, 3.05) is 19.7 Å². The first-order chi connectivity index (χ1) is 13.9. The number of hydrogen-bond acceptors (Lipinski definition) is 3. The van der Waals surface area contributed by atoms with Crippen LogP contribution in [0, 0.1) is 5.92 Å². The van der Waals surface area contributed by atoms with Crippen LogP contribution in [0.1, 0.15) is 43.5 Å². The standard InChI is InChI=1S/C23H27ClN2O3/c1-16(2)14-21(27)25-22(18-6-4-3-5-7-18)23(28)26-12-13-29-20(15-26)17-8-10-19(24)11-9-17/h3-11,16,20,22H,12-15H2,1-2H3,(H,25,27). The third-order valence-corrected chi connectivity index (χ3v) is 5.15. The van der Waals surface area contributed by atoms with Gasteiger partial charge in [-0.25, -0.2) is 0 Å². The Labute approximate surface area is 177 Å². The van der Waals surface area contributed by atoms with Crippen molar-refractivity contribution >= 4 is 23.4 Å². The second-order valence-corrected chi connectivity index (χ2v) is 8.14. The van der Waals surface area contributed by atoms with Gasteiger partial charge in [-0.2, -0.15) is 0 Å². The molecule has 5 nitrogen and oxygen atoms in total. The normalized spacial score (nSPS) is 17.8. The summed E-state index contributed by atoms with van der Waals surface area (Å²) in [5, 5.41) is 3.60. The number of ether oxygens (including phenoxy) is 1. The van der Waals surface area contributed by atoms with Crippen molar-refractivity contribution in [2.45, 2.75) is 32.4 Å². The molecule has 2 aromatic rings. The second-order valence-electron chi connectivity index (χ2n) is 7.70. The van der Waals surface area contributed by atoms with Gasteiger partial charge < -0.3 is 15.0 Å². The summed E-state index contributed by atoms with van der Waals surface area (Å²) < 4.78 is 5.88. The predicted molar refractivity (Wildman–Crippen MR) is 114 cm³/mol. The number of morpholine rings is 1. The van der Waals surface area contributed by atoms with E-state index in [0.29, 0.717) is 31.1 Å². The van der Waals surface area contributed by atoms with Crippen LogP contribution in [0.3, 0.4) is 0 Å². The molecule has 1 N–H and O–H groups in total. The molecule has 3 rings (SSSR count). The number of nitrogens with one attached hydrogen (secondary N) is 1. The summed E-state index contributed by atoms with van der Waals surface area (Å²) in [6.07, 6.45) is 0.167. The van der Waals surface area contributed by atoms with Gasteiger partial charge in [-0.3, -0.25) is 9.59 Å². The van der Waals surface area contributed by atoms with Gasteiger partial charge in [0.2, 0.25) is 11.8 Å². The molecular formula is C23H27ClN2O3. The lowest BCUT2D eigenvalue weighted by atomic mass is 10.0. The predicted octanol–water partition coefficient (Wildman–Crippen LogP) is 4.14. The fourth-order valence-electron chi connectivity index (χ4n) is 3.43. The highest BCUT2D eigenvalue weighted by Gasteiger charge is 2.32. The smallest absolute Gasteiger partial charge is 0.249 e. The maximum atomic E-state index is 13.4. The largest absolute Gasteiger partial charge is 0.370 e. The van der Waals surface area contributed by atoms with Crippen LogP contribution in [0.15, 0.2) is 54.6 Å². The molecule has 1 heterocycles. The zero-order valence-electron chi connectivity index (χ0n) is 16.8. The van der Waals surface area contributed by atoms with E-state index in [0.717, 1.165) is 11.1 Å². The van der Waals surface area contributed by atoms with Crippen molar-refractivity contribution in [2.24, 2.45) is 5.92 Å². The molecule has 1 aliphatic heterocycles. The van der Waals surface area contributed by atoms with E-state index in [4.69, 9.17) is 16.3 Å². The van der Waals surface area contributed by atoms with Gasteiger partial charge in [-0.05, 0) is 29.2 Å². The Bertz CT molecular complexity index is 824. The van der Waals surface area contributed by atoms with Crippen molar-refractivity contribution in [3.8, 4) is 0 Å². The van der Waals surface area contributed by atoms with Crippen molar-refractivity contribution in [3.05, 3.63) is 70.7 Å². The SMILES string of the molecule is CC(C)CC(=O)NC(C(=O)N1CCOC(c2ccc(Cl)cc2)C1)c1ccccc1. The van der Waals surface area contributed by atoms with Crippen molar-refractivity contribution < 1.29 is 14.3 Å². The van der Waals surface area contributed by atoms with Crippen LogP contribution in [0.5, 0.6) is 0 Å². The van der Waals surface area contributed by atoms with Gasteiger partial charge in [0.05, 0.1) is 13.2 Å². The highest BCUT2D eigenvalue weighted by molar-refractivity contribution is 6.30. The third kappa shape index (κ3) is 5.81. The van der Waals surface area contributed by atoms with Gasteiger partial charge >= 0.3 is 0 Å². The molecule has 0 saturated carbocycles. The van der Waals surface area contributed by atoms with Crippen LogP contribution in [0.4, 0.5) is 0 Å². The lowest BCUT2D eigenvalue weighted by molar-refractivity contribution is -0.143. The molecule has 0 radical (unpaired) electrons. The Morgan fingerprint density at radius 1 is 1.14 bits per heavy atom. The maximum Gasteiger partial charge on any atom is 0.249 e. The molecule has 0 aliphatic carbocycles. The molecule has 154 valence electrons. The molecule has 2 unspecified atom stereocenters. The van der Waals surface area contributed by atoms with E-state index in [9.17, 15) is 9.59 Å². The van der Waals surface area contributed by atoms with E-state index in [1.807, 2.05) is 68.4 Å². The first-order valence-electron chi connectivity index (χ1n) is 9.94. The van der Waals surface area contributed by atoms with Crippen LogP contribution in [0.25, 0.3) is 0 Å². The molecular weight excluding hydrogens is 388 g/mol. The summed E-state index contributed by atoms with van der Waals surface area (Å²) >= 11 is 5.98. The highest BCUT2D eigenvalue weighted by Crippen LogP contribution is 2.26. The summed E-state index contributed by atoms with van der Waals surface area (Å²) in [5.41, 5.74) is 1.76. The van der Waals surface area contributed by atoms with Gasteiger partial charge in [-0.15, -0.1) is 0 Å². The molecule has 1 fully saturated rings. The van der Waals surface area contributed by atoms with Crippen molar-refractivity contribution in [3.63, 3.8) is 0 Å². The van der Waals surface area contributed by atoms with E-state index < -0.39 is 6.04 Å². The minimum atomic E-state index is -0.702.